The minimum Gasteiger partial charge on any atom is -0.472 e. The topological polar surface area (TPSA) is 49.6 Å². The van der Waals surface area contributed by atoms with Crippen molar-refractivity contribution >= 4 is 5.91 Å². The van der Waals surface area contributed by atoms with Crippen LogP contribution < -0.4 is 0 Å². The second-order valence-electron chi connectivity index (χ2n) is 7.55. The molecule has 2 saturated heterocycles. The van der Waals surface area contributed by atoms with Gasteiger partial charge in [0.1, 0.15) is 0 Å². The lowest BCUT2D eigenvalue weighted by molar-refractivity contribution is -0.133. The van der Waals surface area contributed by atoms with Crippen LogP contribution in [0, 0.1) is 5.41 Å². The van der Waals surface area contributed by atoms with Gasteiger partial charge in [0, 0.05) is 49.6 Å². The minimum absolute atomic E-state index is 0.236. The Morgan fingerprint density at radius 2 is 2.16 bits per heavy atom. The summed E-state index contributed by atoms with van der Waals surface area (Å²) in [5, 5.41) is 0. The summed E-state index contributed by atoms with van der Waals surface area (Å²) in [5.41, 5.74) is 2.50. The van der Waals surface area contributed by atoms with Crippen molar-refractivity contribution in [1.29, 1.82) is 0 Å². The zero-order valence-electron chi connectivity index (χ0n) is 14.6. The standard InChI is InChI=1S/C20H25N3O2/c24-19(11-17-3-1-7-21-12-17)23-8-2-5-20(16-23)6-9-22(15-20)13-18-4-10-25-14-18/h1,3-4,7,10,12,14H,2,5-6,8-9,11,13,15-16H2/t20-/m0/s1. The number of pyridine rings is 1. The van der Waals surface area contributed by atoms with E-state index in [1.165, 1.54) is 18.4 Å². The Morgan fingerprint density at radius 3 is 2.96 bits per heavy atom. The molecule has 25 heavy (non-hydrogen) atoms. The fourth-order valence-electron chi connectivity index (χ4n) is 4.35. The second-order valence-corrected chi connectivity index (χ2v) is 7.55. The molecule has 2 aliphatic rings. The number of amides is 1. The highest BCUT2D eigenvalue weighted by atomic mass is 16.3. The summed E-state index contributed by atoms with van der Waals surface area (Å²) < 4.78 is 5.18. The van der Waals surface area contributed by atoms with Crippen molar-refractivity contribution in [3.63, 3.8) is 0 Å². The van der Waals surface area contributed by atoms with Gasteiger partial charge in [0.05, 0.1) is 18.9 Å². The van der Waals surface area contributed by atoms with Gasteiger partial charge < -0.3 is 9.32 Å². The summed E-state index contributed by atoms with van der Waals surface area (Å²) in [7, 11) is 0. The van der Waals surface area contributed by atoms with E-state index in [-0.39, 0.29) is 11.3 Å². The van der Waals surface area contributed by atoms with Gasteiger partial charge in [-0.2, -0.15) is 0 Å². The molecule has 1 amide bonds. The number of aromatic nitrogens is 1. The Kier molecular flexibility index (Phi) is 4.57. The van der Waals surface area contributed by atoms with Gasteiger partial charge in [0.2, 0.25) is 5.91 Å². The van der Waals surface area contributed by atoms with Gasteiger partial charge in [-0.1, -0.05) is 6.07 Å². The zero-order valence-corrected chi connectivity index (χ0v) is 14.6. The molecule has 0 aromatic carbocycles. The highest BCUT2D eigenvalue weighted by Crippen LogP contribution is 2.39. The van der Waals surface area contributed by atoms with E-state index in [1.54, 1.807) is 18.7 Å². The Morgan fingerprint density at radius 1 is 1.20 bits per heavy atom. The van der Waals surface area contributed by atoms with E-state index < -0.39 is 0 Å². The molecule has 5 heteroatoms. The van der Waals surface area contributed by atoms with Gasteiger partial charge in [0.25, 0.3) is 0 Å². The molecule has 2 fully saturated rings. The number of hydrogen-bond acceptors (Lipinski definition) is 4. The summed E-state index contributed by atoms with van der Waals surface area (Å²) in [5.74, 6) is 0.236. The maximum atomic E-state index is 12.7. The normalized spacial score (nSPS) is 24.1. The Balaban J connectivity index is 1.36. The molecule has 132 valence electrons. The molecule has 2 aromatic rings. The number of furan rings is 1. The van der Waals surface area contributed by atoms with Crippen molar-refractivity contribution < 1.29 is 9.21 Å². The molecule has 2 aromatic heterocycles. The predicted octanol–water partition coefficient (Wildman–Crippen LogP) is 2.73. The van der Waals surface area contributed by atoms with Gasteiger partial charge in [-0.05, 0) is 43.5 Å². The average molecular weight is 339 g/mol. The van der Waals surface area contributed by atoms with Crippen LogP contribution in [0.3, 0.4) is 0 Å². The third-order valence-electron chi connectivity index (χ3n) is 5.60. The molecule has 0 unspecified atom stereocenters. The van der Waals surface area contributed by atoms with Crippen molar-refractivity contribution in [2.24, 2.45) is 5.41 Å². The monoisotopic (exact) mass is 339 g/mol. The summed E-state index contributed by atoms with van der Waals surface area (Å²) in [6.07, 6.45) is 11.1. The van der Waals surface area contributed by atoms with Gasteiger partial charge in [-0.25, -0.2) is 0 Å². The maximum absolute atomic E-state index is 12.7. The van der Waals surface area contributed by atoms with E-state index >= 15 is 0 Å². The molecule has 0 saturated carbocycles. The van der Waals surface area contributed by atoms with Crippen LogP contribution >= 0.6 is 0 Å². The molecule has 4 rings (SSSR count). The first kappa shape index (κ1) is 16.3. The minimum atomic E-state index is 0.236. The van der Waals surface area contributed by atoms with Crippen molar-refractivity contribution in [3.05, 3.63) is 54.2 Å². The first-order valence-corrected chi connectivity index (χ1v) is 9.13. The largest absolute Gasteiger partial charge is 0.472 e. The van der Waals surface area contributed by atoms with Crippen LogP contribution in [0.2, 0.25) is 0 Å². The number of carbonyl (C=O) groups excluding carboxylic acids is 1. The van der Waals surface area contributed by atoms with Crippen LogP contribution in [0.1, 0.15) is 30.4 Å². The lowest BCUT2D eigenvalue weighted by Crippen LogP contribution is -2.47. The van der Waals surface area contributed by atoms with E-state index in [0.717, 1.165) is 44.7 Å². The van der Waals surface area contributed by atoms with Crippen LogP contribution in [-0.4, -0.2) is 46.9 Å². The third-order valence-corrected chi connectivity index (χ3v) is 5.60. The number of likely N-dealkylation sites (tertiary alicyclic amines) is 2. The summed E-state index contributed by atoms with van der Waals surface area (Å²) >= 11 is 0. The number of nitrogens with zero attached hydrogens (tertiary/aromatic N) is 3. The van der Waals surface area contributed by atoms with Crippen LogP contribution in [0.15, 0.2) is 47.5 Å². The van der Waals surface area contributed by atoms with Gasteiger partial charge in [0.15, 0.2) is 0 Å². The fourth-order valence-corrected chi connectivity index (χ4v) is 4.35. The Labute approximate surface area is 148 Å². The molecular formula is C20H25N3O2. The Bertz CT molecular complexity index is 701. The van der Waals surface area contributed by atoms with Crippen molar-refractivity contribution in [1.82, 2.24) is 14.8 Å². The Hall–Kier alpha value is -2.14. The highest BCUT2D eigenvalue weighted by Gasteiger charge is 2.42. The van der Waals surface area contributed by atoms with Gasteiger partial charge >= 0.3 is 0 Å². The molecule has 1 spiro atoms. The van der Waals surface area contributed by atoms with E-state index in [0.29, 0.717) is 6.42 Å². The first-order chi connectivity index (χ1) is 12.2. The van der Waals surface area contributed by atoms with E-state index in [4.69, 9.17) is 4.42 Å². The average Bonchev–Trinajstić information content (AvgIpc) is 3.27. The maximum Gasteiger partial charge on any atom is 0.227 e. The smallest absolute Gasteiger partial charge is 0.227 e. The molecule has 2 aliphatic heterocycles. The number of hydrogen-bond donors (Lipinski definition) is 0. The second kappa shape index (κ2) is 7.00. The highest BCUT2D eigenvalue weighted by molar-refractivity contribution is 5.78. The lowest BCUT2D eigenvalue weighted by atomic mass is 9.79. The summed E-state index contributed by atoms with van der Waals surface area (Å²) in [6, 6.07) is 5.91. The molecule has 0 bridgehead atoms. The van der Waals surface area contributed by atoms with Gasteiger partial charge in [-0.3, -0.25) is 14.7 Å². The third kappa shape index (κ3) is 3.76. The quantitative estimate of drug-likeness (QED) is 0.859. The van der Waals surface area contributed by atoms with E-state index in [2.05, 4.69) is 14.8 Å². The number of rotatable bonds is 4. The zero-order chi connectivity index (χ0) is 17.1. The lowest BCUT2D eigenvalue weighted by Gasteiger charge is -2.40. The molecule has 0 aliphatic carbocycles. The molecular weight excluding hydrogens is 314 g/mol. The molecule has 0 radical (unpaired) electrons. The first-order valence-electron chi connectivity index (χ1n) is 9.13. The van der Waals surface area contributed by atoms with Crippen LogP contribution in [0.5, 0.6) is 0 Å². The van der Waals surface area contributed by atoms with E-state index in [9.17, 15) is 4.79 Å². The molecule has 1 atom stereocenters. The SMILES string of the molecule is O=C(Cc1cccnc1)N1CCC[C@@]2(CCN(Cc3ccoc3)C2)C1. The van der Waals surface area contributed by atoms with Crippen molar-refractivity contribution in [2.45, 2.75) is 32.2 Å². The molecule has 0 N–H and O–H groups in total. The fraction of sp³-hybridized carbons (Fsp3) is 0.500. The van der Waals surface area contributed by atoms with E-state index in [1.807, 2.05) is 24.5 Å². The van der Waals surface area contributed by atoms with Crippen LogP contribution in [0.25, 0.3) is 0 Å². The molecule has 5 nitrogen and oxygen atoms in total. The summed E-state index contributed by atoms with van der Waals surface area (Å²) in [6.45, 7) is 4.92. The van der Waals surface area contributed by atoms with Gasteiger partial charge in [-0.15, -0.1) is 0 Å². The van der Waals surface area contributed by atoms with Crippen LogP contribution in [-0.2, 0) is 17.8 Å². The number of carbonyl (C=O) groups is 1. The summed E-state index contributed by atoms with van der Waals surface area (Å²) in [4.78, 5) is 21.4. The van der Waals surface area contributed by atoms with Crippen molar-refractivity contribution in [2.75, 3.05) is 26.2 Å². The van der Waals surface area contributed by atoms with Crippen molar-refractivity contribution in [3.8, 4) is 0 Å². The predicted molar refractivity (Wildman–Crippen MR) is 94.8 cm³/mol. The number of piperidine rings is 1. The van der Waals surface area contributed by atoms with Crippen LogP contribution in [0.4, 0.5) is 0 Å². The molecule has 4 heterocycles.